The van der Waals surface area contributed by atoms with Gasteiger partial charge in [-0.05, 0) is 43.7 Å². The number of hydroxylamine groups is 1. The van der Waals surface area contributed by atoms with Crippen molar-refractivity contribution in [1.29, 1.82) is 0 Å². The molecule has 5 N–H and O–H groups in total. The maximum atomic E-state index is 12.3. The zero-order valence-electron chi connectivity index (χ0n) is 12.3. The molecular weight excluding hydrogens is 310 g/mol. The maximum Gasteiger partial charge on any atom is 0.261 e. The van der Waals surface area contributed by atoms with Gasteiger partial charge in [0.05, 0.1) is 12.0 Å². The van der Waals surface area contributed by atoms with E-state index in [2.05, 4.69) is 4.72 Å². The molecule has 8 nitrogen and oxygen atoms in total. The number of hydrogen-bond acceptors (Lipinski definition) is 6. The SMILES string of the molecule is COc1ccc(S(=O)(=O)N[C@H](CCCCN)C(=O)NO)cc1. The summed E-state index contributed by atoms with van der Waals surface area (Å²) in [5.41, 5.74) is 6.84. The van der Waals surface area contributed by atoms with Gasteiger partial charge in [-0.1, -0.05) is 6.42 Å². The lowest BCUT2D eigenvalue weighted by Gasteiger charge is -2.16. The summed E-state index contributed by atoms with van der Waals surface area (Å²) in [5.74, 6) is -0.291. The van der Waals surface area contributed by atoms with Gasteiger partial charge < -0.3 is 10.5 Å². The van der Waals surface area contributed by atoms with Crippen LogP contribution in [0.4, 0.5) is 0 Å². The smallest absolute Gasteiger partial charge is 0.261 e. The van der Waals surface area contributed by atoms with Crippen LogP contribution in [0.25, 0.3) is 0 Å². The third-order valence-electron chi connectivity index (χ3n) is 3.04. The van der Waals surface area contributed by atoms with E-state index >= 15 is 0 Å². The number of nitrogens with one attached hydrogen (secondary N) is 2. The van der Waals surface area contributed by atoms with E-state index in [-0.39, 0.29) is 11.3 Å². The zero-order chi connectivity index (χ0) is 16.6. The molecule has 0 aliphatic heterocycles. The number of benzene rings is 1. The van der Waals surface area contributed by atoms with Crippen LogP contribution in [0, 0.1) is 0 Å². The molecular formula is C13H21N3O5S. The quantitative estimate of drug-likeness (QED) is 0.286. The minimum Gasteiger partial charge on any atom is -0.497 e. The van der Waals surface area contributed by atoms with E-state index in [4.69, 9.17) is 15.7 Å². The number of rotatable bonds is 9. The van der Waals surface area contributed by atoms with E-state index in [1.54, 1.807) is 0 Å². The second-order valence-electron chi connectivity index (χ2n) is 4.61. The van der Waals surface area contributed by atoms with E-state index in [1.807, 2.05) is 0 Å². The van der Waals surface area contributed by atoms with Crippen LogP contribution < -0.4 is 20.7 Å². The molecule has 0 aliphatic carbocycles. The molecule has 0 spiro atoms. The maximum absolute atomic E-state index is 12.3. The van der Waals surface area contributed by atoms with E-state index in [0.29, 0.717) is 25.1 Å². The molecule has 22 heavy (non-hydrogen) atoms. The minimum absolute atomic E-state index is 0.00265. The number of sulfonamides is 1. The van der Waals surface area contributed by atoms with Crippen LogP contribution in [0.15, 0.2) is 29.2 Å². The fourth-order valence-corrected chi connectivity index (χ4v) is 3.05. The summed E-state index contributed by atoms with van der Waals surface area (Å²) in [6, 6.07) is 4.68. The monoisotopic (exact) mass is 331 g/mol. The highest BCUT2D eigenvalue weighted by molar-refractivity contribution is 7.89. The molecule has 1 amide bonds. The second kappa shape index (κ2) is 8.69. The molecule has 0 saturated carbocycles. The van der Waals surface area contributed by atoms with Crippen molar-refractivity contribution >= 4 is 15.9 Å². The first-order chi connectivity index (χ1) is 10.4. The Balaban J connectivity index is 2.86. The fourth-order valence-electron chi connectivity index (χ4n) is 1.82. The Morgan fingerprint density at radius 1 is 1.32 bits per heavy atom. The molecule has 1 aromatic carbocycles. The highest BCUT2D eigenvalue weighted by Crippen LogP contribution is 2.16. The average Bonchev–Trinajstić information content (AvgIpc) is 2.53. The molecule has 1 rings (SSSR count). The third kappa shape index (κ3) is 5.26. The summed E-state index contributed by atoms with van der Waals surface area (Å²) in [4.78, 5) is 11.6. The molecule has 0 unspecified atom stereocenters. The van der Waals surface area contributed by atoms with E-state index in [1.165, 1.54) is 36.9 Å². The minimum atomic E-state index is -3.89. The molecule has 0 fully saturated rings. The molecule has 124 valence electrons. The summed E-state index contributed by atoms with van der Waals surface area (Å²) < 4.78 is 31.7. The highest BCUT2D eigenvalue weighted by atomic mass is 32.2. The van der Waals surface area contributed by atoms with Crippen molar-refractivity contribution in [2.45, 2.75) is 30.2 Å². The Hall–Kier alpha value is -1.68. The van der Waals surface area contributed by atoms with Gasteiger partial charge in [0.25, 0.3) is 5.91 Å². The van der Waals surface area contributed by atoms with Crippen LogP contribution in [0.1, 0.15) is 19.3 Å². The Bertz CT molecular complexity index is 574. The van der Waals surface area contributed by atoms with Gasteiger partial charge in [-0.2, -0.15) is 4.72 Å². The first-order valence-electron chi connectivity index (χ1n) is 6.75. The fraction of sp³-hybridized carbons (Fsp3) is 0.462. The van der Waals surface area contributed by atoms with Crippen molar-refractivity contribution in [1.82, 2.24) is 10.2 Å². The number of unbranched alkanes of at least 4 members (excludes halogenated alkanes) is 1. The number of amides is 1. The normalized spacial score (nSPS) is 12.7. The largest absolute Gasteiger partial charge is 0.497 e. The predicted molar refractivity (Wildman–Crippen MR) is 79.9 cm³/mol. The van der Waals surface area contributed by atoms with Crippen molar-refractivity contribution < 1.29 is 23.2 Å². The van der Waals surface area contributed by atoms with Crippen molar-refractivity contribution in [3.63, 3.8) is 0 Å². The Labute approximate surface area is 129 Å². The van der Waals surface area contributed by atoms with Gasteiger partial charge in [-0.25, -0.2) is 13.9 Å². The van der Waals surface area contributed by atoms with Crippen LogP contribution in [-0.2, 0) is 14.8 Å². The van der Waals surface area contributed by atoms with Crippen molar-refractivity contribution in [3.05, 3.63) is 24.3 Å². The number of ether oxygens (including phenoxy) is 1. The van der Waals surface area contributed by atoms with Gasteiger partial charge in [-0.15, -0.1) is 0 Å². The van der Waals surface area contributed by atoms with Crippen LogP contribution in [0.3, 0.4) is 0 Å². The lowest BCUT2D eigenvalue weighted by atomic mass is 10.1. The molecule has 0 aliphatic rings. The Morgan fingerprint density at radius 2 is 1.95 bits per heavy atom. The predicted octanol–water partition coefficient (Wildman–Crippen LogP) is -0.0235. The molecule has 1 atom stereocenters. The van der Waals surface area contributed by atoms with Gasteiger partial charge in [0.1, 0.15) is 11.8 Å². The van der Waals surface area contributed by atoms with Crippen molar-refractivity contribution in [2.24, 2.45) is 5.73 Å². The summed E-state index contributed by atoms with van der Waals surface area (Å²) in [6.07, 6.45) is 1.44. The average molecular weight is 331 g/mol. The first-order valence-corrected chi connectivity index (χ1v) is 8.23. The molecule has 0 aromatic heterocycles. The Kier molecular flexibility index (Phi) is 7.25. The molecule has 9 heteroatoms. The number of nitrogens with two attached hydrogens (primary N) is 1. The van der Waals surface area contributed by atoms with Crippen LogP contribution in [-0.4, -0.2) is 39.2 Å². The highest BCUT2D eigenvalue weighted by Gasteiger charge is 2.25. The van der Waals surface area contributed by atoms with Crippen molar-refractivity contribution in [2.75, 3.05) is 13.7 Å². The first kappa shape index (κ1) is 18.4. The van der Waals surface area contributed by atoms with Crippen LogP contribution in [0.2, 0.25) is 0 Å². The van der Waals surface area contributed by atoms with Gasteiger partial charge >= 0.3 is 0 Å². The van der Waals surface area contributed by atoms with E-state index < -0.39 is 22.0 Å². The standard InChI is InChI=1S/C13H21N3O5S/c1-21-10-5-7-11(8-6-10)22(19,20)16-12(13(17)15-18)4-2-3-9-14/h5-8,12,16,18H,2-4,9,14H2,1H3,(H,15,17)/t12-/m1/s1. The summed E-state index contributed by atoms with van der Waals surface area (Å²) in [6.45, 7) is 0.443. The molecule has 1 aromatic rings. The lowest BCUT2D eigenvalue weighted by molar-refractivity contribution is -0.131. The molecule has 0 radical (unpaired) electrons. The van der Waals surface area contributed by atoms with E-state index in [0.717, 1.165) is 0 Å². The number of hydrogen-bond donors (Lipinski definition) is 4. The third-order valence-corrected chi connectivity index (χ3v) is 4.53. The summed E-state index contributed by atoms with van der Waals surface area (Å²) >= 11 is 0. The Morgan fingerprint density at radius 3 is 2.45 bits per heavy atom. The van der Waals surface area contributed by atoms with Gasteiger partial charge in [0.2, 0.25) is 10.0 Å². The van der Waals surface area contributed by atoms with Crippen LogP contribution in [0.5, 0.6) is 5.75 Å². The number of carbonyl (C=O) groups excluding carboxylic acids is 1. The topological polar surface area (TPSA) is 131 Å². The van der Waals surface area contributed by atoms with E-state index in [9.17, 15) is 13.2 Å². The van der Waals surface area contributed by atoms with Gasteiger partial charge in [0, 0.05) is 0 Å². The number of methoxy groups -OCH3 is 1. The van der Waals surface area contributed by atoms with Crippen molar-refractivity contribution in [3.8, 4) is 5.75 Å². The molecule has 0 bridgehead atoms. The second-order valence-corrected chi connectivity index (χ2v) is 6.32. The molecule has 0 saturated heterocycles. The zero-order valence-corrected chi connectivity index (χ0v) is 13.1. The summed E-state index contributed by atoms with van der Waals surface area (Å²) in [5, 5.41) is 8.72. The van der Waals surface area contributed by atoms with Gasteiger partial charge in [0.15, 0.2) is 0 Å². The number of carbonyl (C=O) groups is 1. The van der Waals surface area contributed by atoms with Crippen LogP contribution >= 0.6 is 0 Å². The molecule has 0 heterocycles. The summed E-state index contributed by atoms with van der Waals surface area (Å²) in [7, 11) is -2.41. The van der Waals surface area contributed by atoms with Gasteiger partial charge in [-0.3, -0.25) is 10.0 Å². The lowest BCUT2D eigenvalue weighted by Crippen LogP contribution is -2.45.